The molecule has 1 aromatic heterocycles. The maximum Gasteiger partial charge on any atom is 0.371 e. The fourth-order valence-electron chi connectivity index (χ4n) is 2.81. The predicted molar refractivity (Wildman–Crippen MR) is 85.1 cm³/mol. The van der Waals surface area contributed by atoms with Gasteiger partial charge in [-0.15, -0.1) is 0 Å². The summed E-state index contributed by atoms with van der Waals surface area (Å²) in [6.07, 6.45) is 0. The van der Waals surface area contributed by atoms with E-state index in [-0.39, 0.29) is 18.1 Å². The Balaban J connectivity index is 1.90. The summed E-state index contributed by atoms with van der Waals surface area (Å²) in [5.41, 5.74) is -0.754. The van der Waals surface area contributed by atoms with E-state index in [9.17, 15) is 14.4 Å². The summed E-state index contributed by atoms with van der Waals surface area (Å²) in [6.45, 7) is 1.43. The van der Waals surface area contributed by atoms with Crippen LogP contribution in [0, 0.1) is 0 Å². The van der Waals surface area contributed by atoms with E-state index in [2.05, 4.69) is 5.32 Å². The molecular weight excluding hydrogens is 328 g/mol. The number of furan rings is 1. The van der Waals surface area contributed by atoms with Gasteiger partial charge in [0.1, 0.15) is 17.0 Å². The van der Waals surface area contributed by atoms with Gasteiger partial charge in [0, 0.05) is 5.56 Å². The number of carboxylic acid groups (broad SMARTS) is 1. The van der Waals surface area contributed by atoms with Gasteiger partial charge < -0.3 is 19.6 Å². The number of imide groups is 1. The lowest BCUT2D eigenvalue weighted by Gasteiger charge is -2.24. The minimum absolute atomic E-state index is 0.164. The Morgan fingerprint density at radius 3 is 2.64 bits per heavy atom. The van der Waals surface area contributed by atoms with E-state index in [0.717, 1.165) is 4.90 Å². The number of urea groups is 1. The molecule has 2 heterocycles. The zero-order valence-corrected chi connectivity index (χ0v) is 13.6. The number of benzene rings is 1. The number of nitrogens with zero attached hydrogens (tertiary/aromatic N) is 1. The van der Waals surface area contributed by atoms with Crippen molar-refractivity contribution < 1.29 is 28.6 Å². The third kappa shape index (κ3) is 2.71. The van der Waals surface area contributed by atoms with Gasteiger partial charge in [0.25, 0.3) is 5.91 Å². The molecule has 0 radical (unpaired) electrons. The quantitative estimate of drug-likeness (QED) is 0.803. The van der Waals surface area contributed by atoms with E-state index >= 15 is 0 Å². The summed E-state index contributed by atoms with van der Waals surface area (Å²) < 4.78 is 10.4. The zero-order chi connectivity index (χ0) is 18.2. The molecule has 3 rings (SSSR count). The van der Waals surface area contributed by atoms with Gasteiger partial charge >= 0.3 is 12.0 Å². The number of rotatable bonds is 5. The number of ether oxygens (including phenoxy) is 1. The van der Waals surface area contributed by atoms with Crippen LogP contribution in [-0.4, -0.2) is 35.0 Å². The van der Waals surface area contributed by atoms with Gasteiger partial charge in [-0.1, -0.05) is 18.2 Å². The van der Waals surface area contributed by atoms with Crippen molar-refractivity contribution in [3.8, 4) is 5.75 Å². The van der Waals surface area contributed by atoms with E-state index in [4.69, 9.17) is 14.3 Å². The summed E-state index contributed by atoms with van der Waals surface area (Å²) in [5, 5.41) is 11.6. The number of carbonyl (C=O) groups excluding carboxylic acids is 2. The lowest BCUT2D eigenvalue weighted by atomic mass is 9.91. The van der Waals surface area contributed by atoms with Gasteiger partial charge in [-0.25, -0.2) is 9.59 Å². The molecule has 3 amide bonds. The molecule has 0 bridgehead atoms. The molecule has 0 aliphatic carbocycles. The monoisotopic (exact) mass is 344 g/mol. The normalized spacial score (nSPS) is 19.8. The zero-order valence-electron chi connectivity index (χ0n) is 13.6. The standard InChI is InChI=1S/C17H16N2O6/c1-17(11-5-3-4-6-12(11)24-2)15(22)19(16(23)18-17)9-10-7-8-13(25-10)14(20)21/h3-8H,9H2,1-2H3,(H,18,23)(H,20,21). The number of carbonyl (C=O) groups is 3. The molecule has 130 valence electrons. The van der Waals surface area contributed by atoms with E-state index in [1.165, 1.54) is 19.2 Å². The minimum atomic E-state index is -1.29. The van der Waals surface area contributed by atoms with Crippen LogP contribution in [0.4, 0.5) is 4.79 Å². The average Bonchev–Trinajstić information content (AvgIpc) is 3.15. The molecule has 1 fully saturated rings. The number of amides is 3. The first-order valence-electron chi connectivity index (χ1n) is 7.46. The van der Waals surface area contributed by atoms with Crippen molar-refractivity contribution in [2.24, 2.45) is 0 Å². The Morgan fingerprint density at radius 1 is 1.28 bits per heavy atom. The van der Waals surface area contributed by atoms with Crippen LogP contribution < -0.4 is 10.1 Å². The molecule has 1 unspecified atom stereocenters. The Morgan fingerprint density at radius 2 is 2.00 bits per heavy atom. The lowest BCUT2D eigenvalue weighted by molar-refractivity contribution is -0.131. The highest BCUT2D eigenvalue weighted by atomic mass is 16.5. The summed E-state index contributed by atoms with van der Waals surface area (Å²) in [4.78, 5) is 37.0. The molecule has 2 N–H and O–H groups in total. The number of methoxy groups -OCH3 is 1. The second-order valence-corrected chi connectivity index (χ2v) is 5.72. The number of hydrogen-bond donors (Lipinski definition) is 2. The number of carboxylic acids is 1. The van der Waals surface area contributed by atoms with E-state index in [1.54, 1.807) is 31.2 Å². The second-order valence-electron chi connectivity index (χ2n) is 5.72. The molecule has 1 saturated heterocycles. The molecule has 1 aliphatic heterocycles. The molecule has 25 heavy (non-hydrogen) atoms. The van der Waals surface area contributed by atoms with Crippen molar-refractivity contribution in [2.45, 2.75) is 19.0 Å². The van der Waals surface area contributed by atoms with E-state index < -0.39 is 23.4 Å². The van der Waals surface area contributed by atoms with Crippen LogP contribution in [0.3, 0.4) is 0 Å². The maximum absolute atomic E-state index is 12.9. The summed E-state index contributed by atoms with van der Waals surface area (Å²) in [7, 11) is 1.48. The van der Waals surface area contributed by atoms with Gasteiger partial charge in [-0.2, -0.15) is 0 Å². The number of para-hydroxylation sites is 1. The molecule has 8 nitrogen and oxygen atoms in total. The Bertz CT molecular complexity index is 858. The van der Waals surface area contributed by atoms with Crippen molar-refractivity contribution >= 4 is 17.9 Å². The summed E-state index contributed by atoms with van der Waals surface area (Å²) >= 11 is 0. The topological polar surface area (TPSA) is 109 Å². The summed E-state index contributed by atoms with van der Waals surface area (Å²) in [5.74, 6) is -1.27. The van der Waals surface area contributed by atoms with Gasteiger partial charge in [-0.3, -0.25) is 9.69 Å². The van der Waals surface area contributed by atoms with Crippen LogP contribution >= 0.6 is 0 Å². The highest BCUT2D eigenvalue weighted by molar-refractivity contribution is 6.07. The molecular formula is C17H16N2O6. The van der Waals surface area contributed by atoms with Crippen molar-refractivity contribution in [1.82, 2.24) is 10.2 Å². The van der Waals surface area contributed by atoms with Crippen molar-refractivity contribution in [2.75, 3.05) is 7.11 Å². The molecule has 1 aliphatic rings. The van der Waals surface area contributed by atoms with Crippen molar-refractivity contribution in [1.29, 1.82) is 0 Å². The first-order valence-corrected chi connectivity index (χ1v) is 7.46. The Kier molecular flexibility index (Phi) is 3.96. The molecule has 8 heteroatoms. The van der Waals surface area contributed by atoms with Gasteiger partial charge in [0.2, 0.25) is 5.76 Å². The third-order valence-electron chi connectivity index (χ3n) is 4.11. The smallest absolute Gasteiger partial charge is 0.371 e. The first kappa shape index (κ1) is 16.6. The van der Waals surface area contributed by atoms with Gasteiger partial charge in [0.05, 0.1) is 13.7 Å². The fraction of sp³-hybridized carbons (Fsp3) is 0.235. The first-order chi connectivity index (χ1) is 11.9. The van der Waals surface area contributed by atoms with E-state index in [1.807, 2.05) is 0 Å². The number of aromatic carboxylic acids is 1. The number of hydrogen-bond acceptors (Lipinski definition) is 5. The highest BCUT2D eigenvalue weighted by Gasteiger charge is 2.50. The van der Waals surface area contributed by atoms with Crippen LogP contribution in [0.5, 0.6) is 5.75 Å². The molecule has 1 aromatic carbocycles. The molecule has 0 spiro atoms. The van der Waals surface area contributed by atoms with Crippen LogP contribution in [-0.2, 0) is 16.9 Å². The Labute approximate surface area is 143 Å². The SMILES string of the molecule is COc1ccccc1C1(C)NC(=O)N(Cc2ccc(C(=O)O)o2)C1=O. The predicted octanol–water partition coefficient (Wildman–Crippen LogP) is 1.95. The van der Waals surface area contributed by atoms with Crippen LogP contribution in [0.2, 0.25) is 0 Å². The average molecular weight is 344 g/mol. The van der Waals surface area contributed by atoms with E-state index in [0.29, 0.717) is 11.3 Å². The third-order valence-corrected chi connectivity index (χ3v) is 4.11. The van der Waals surface area contributed by atoms with Crippen molar-refractivity contribution in [3.63, 3.8) is 0 Å². The fourth-order valence-corrected chi connectivity index (χ4v) is 2.81. The minimum Gasteiger partial charge on any atom is -0.496 e. The molecule has 0 saturated carbocycles. The van der Waals surface area contributed by atoms with Gasteiger partial charge in [0.15, 0.2) is 0 Å². The highest BCUT2D eigenvalue weighted by Crippen LogP contribution is 2.35. The molecule has 2 aromatic rings. The van der Waals surface area contributed by atoms with Crippen LogP contribution in [0.25, 0.3) is 0 Å². The van der Waals surface area contributed by atoms with Crippen LogP contribution in [0.15, 0.2) is 40.8 Å². The maximum atomic E-state index is 12.9. The van der Waals surface area contributed by atoms with Crippen molar-refractivity contribution in [3.05, 3.63) is 53.5 Å². The number of nitrogens with one attached hydrogen (secondary N) is 1. The Hall–Kier alpha value is -3.29. The van der Waals surface area contributed by atoms with Gasteiger partial charge in [-0.05, 0) is 25.1 Å². The molecule has 1 atom stereocenters. The summed E-state index contributed by atoms with van der Waals surface area (Å²) in [6, 6.07) is 9.02. The second kappa shape index (κ2) is 5.97. The van der Waals surface area contributed by atoms with Crippen LogP contribution in [0.1, 0.15) is 28.8 Å². The lowest BCUT2D eigenvalue weighted by Crippen LogP contribution is -2.41. The largest absolute Gasteiger partial charge is 0.496 e.